The maximum Gasteiger partial charge on any atom is 0.227 e. The van der Waals surface area contributed by atoms with Gasteiger partial charge in [0.2, 0.25) is 11.8 Å². The predicted molar refractivity (Wildman–Crippen MR) is 101 cm³/mol. The second kappa shape index (κ2) is 9.37. The molecule has 2 saturated heterocycles. The van der Waals surface area contributed by atoms with E-state index < -0.39 is 0 Å². The Bertz CT molecular complexity index is 639. The highest BCUT2D eigenvalue weighted by Crippen LogP contribution is 2.21. The zero-order valence-corrected chi connectivity index (χ0v) is 16.5. The number of likely N-dealkylation sites (tertiary alicyclic amines) is 1. The van der Waals surface area contributed by atoms with Crippen LogP contribution in [-0.4, -0.2) is 79.5 Å². The molecule has 3 rings (SSSR count). The summed E-state index contributed by atoms with van der Waals surface area (Å²) in [7, 11) is 1.80. The summed E-state index contributed by atoms with van der Waals surface area (Å²) >= 11 is 0. The van der Waals surface area contributed by atoms with Crippen LogP contribution in [0.5, 0.6) is 0 Å². The lowest BCUT2D eigenvalue weighted by molar-refractivity contribution is -0.142. The van der Waals surface area contributed by atoms with Gasteiger partial charge in [-0.1, -0.05) is 0 Å². The molecule has 150 valence electrons. The largest absolute Gasteiger partial charge is 0.464 e. The van der Waals surface area contributed by atoms with Crippen LogP contribution in [0.4, 0.5) is 0 Å². The first-order chi connectivity index (χ1) is 13.0. The molecule has 0 aliphatic carbocycles. The predicted octanol–water partition coefficient (Wildman–Crippen LogP) is 1.51. The van der Waals surface area contributed by atoms with E-state index in [-0.39, 0.29) is 17.7 Å². The highest BCUT2D eigenvalue weighted by molar-refractivity contribution is 5.83. The van der Waals surface area contributed by atoms with Gasteiger partial charge in [0.25, 0.3) is 0 Å². The number of carbonyl (C=O) groups excluding carboxylic acids is 2. The van der Waals surface area contributed by atoms with Gasteiger partial charge in [-0.15, -0.1) is 0 Å². The molecule has 1 aromatic rings. The van der Waals surface area contributed by atoms with E-state index in [0.717, 1.165) is 57.3 Å². The van der Waals surface area contributed by atoms with Crippen molar-refractivity contribution in [3.05, 3.63) is 23.7 Å². The fraction of sp³-hybridized carbons (Fsp3) is 0.700. The van der Waals surface area contributed by atoms with Gasteiger partial charge in [-0.25, -0.2) is 0 Å². The summed E-state index contributed by atoms with van der Waals surface area (Å²) in [6.07, 6.45) is 2.04. The van der Waals surface area contributed by atoms with Crippen LogP contribution in [0.2, 0.25) is 0 Å². The summed E-state index contributed by atoms with van der Waals surface area (Å²) in [5, 5.41) is 0. The SMILES string of the molecule is Cc1ccc(CN(C)C(=O)[C@@H]2CCC(=O)N(CCCN3CCOCC3)C2)o1. The van der Waals surface area contributed by atoms with Crippen LogP contribution >= 0.6 is 0 Å². The normalized spacial score (nSPS) is 21.5. The number of hydrogen-bond acceptors (Lipinski definition) is 5. The molecule has 7 heteroatoms. The van der Waals surface area contributed by atoms with Gasteiger partial charge in [0.15, 0.2) is 0 Å². The number of ether oxygens (including phenoxy) is 1. The molecule has 0 N–H and O–H groups in total. The molecular weight excluding hydrogens is 346 g/mol. The average Bonchev–Trinajstić information content (AvgIpc) is 3.08. The zero-order valence-electron chi connectivity index (χ0n) is 16.5. The fourth-order valence-electron chi connectivity index (χ4n) is 3.84. The lowest BCUT2D eigenvalue weighted by Crippen LogP contribution is -2.47. The molecule has 0 aromatic carbocycles. The molecule has 0 unspecified atom stereocenters. The molecule has 27 heavy (non-hydrogen) atoms. The van der Waals surface area contributed by atoms with Crippen molar-refractivity contribution in [2.24, 2.45) is 5.92 Å². The van der Waals surface area contributed by atoms with E-state index >= 15 is 0 Å². The summed E-state index contributed by atoms with van der Waals surface area (Å²) in [4.78, 5) is 31.0. The van der Waals surface area contributed by atoms with Crippen LogP contribution in [0.25, 0.3) is 0 Å². The number of morpholine rings is 1. The maximum atomic E-state index is 12.8. The topological polar surface area (TPSA) is 66.2 Å². The van der Waals surface area contributed by atoms with Gasteiger partial charge < -0.3 is 19.0 Å². The van der Waals surface area contributed by atoms with E-state index in [0.29, 0.717) is 25.9 Å². The summed E-state index contributed by atoms with van der Waals surface area (Å²) in [5.74, 6) is 1.78. The summed E-state index contributed by atoms with van der Waals surface area (Å²) in [6.45, 7) is 8.10. The molecule has 1 aromatic heterocycles. The second-order valence-electron chi connectivity index (χ2n) is 7.59. The average molecular weight is 377 g/mol. The molecule has 2 fully saturated rings. The van der Waals surface area contributed by atoms with Crippen molar-refractivity contribution in [2.45, 2.75) is 32.7 Å². The molecule has 0 radical (unpaired) electrons. The first-order valence-corrected chi connectivity index (χ1v) is 9.91. The number of rotatable bonds is 7. The van der Waals surface area contributed by atoms with Crippen molar-refractivity contribution in [3.8, 4) is 0 Å². The van der Waals surface area contributed by atoms with Gasteiger partial charge >= 0.3 is 0 Å². The zero-order chi connectivity index (χ0) is 19.2. The summed E-state index contributed by atoms with van der Waals surface area (Å²) in [6, 6.07) is 3.81. The molecule has 1 atom stereocenters. The Kier molecular flexibility index (Phi) is 6.90. The highest BCUT2D eigenvalue weighted by atomic mass is 16.5. The molecule has 2 aliphatic heterocycles. The van der Waals surface area contributed by atoms with Crippen LogP contribution in [-0.2, 0) is 20.9 Å². The van der Waals surface area contributed by atoms with Crippen molar-refractivity contribution < 1.29 is 18.7 Å². The van der Waals surface area contributed by atoms with Crippen LogP contribution < -0.4 is 0 Å². The van der Waals surface area contributed by atoms with E-state index in [9.17, 15) is 9.59 Å². The van der Waals surface area contributed by atoms with Crippen molar-refractivity contribution in [2.75, 3.05) is 53.0 Å². The number of piperidine rings is 1. The van der Waals surface area contributed by atoms with E-state index in [4.69, 9.17) is 9.15 Å². The number of amides is 2. The van der Waals surface area contributed by atoms with Gasteiger partial charge in [-0.3, -0.25) is 14.5 Å². The van der Waals surface area contributed by atoms with Gasteiger partial charge in [-0.2, -0.15) is 0 Å². The highest BCUT2D eigenvalue weighted by Gasteiger charge is 2.31. The lowest BCUT2D eigenvalue weighted by Gasteiger charge is -2.34. The van der Waals surface area contributed by atoms with Crippen molar-refractivity contribution in [1.29, 1.82) is 0 Å². The summed E-state index contributed by atoms with van der Waals surface area (Å²) < 4.78 is 10.9. The van der Waals surface area contributed by atoms with E-state index in [1.807, 2.05) is 24.0 Å². The number of hydrogen-bond donors (Lipinski definition) is 0. The Morgan fingerprint density at radius 2 is 2.04 bits per heavy atom. The molecule has 0 spiro atoms. The van der Waals surface area contributed by atoms with Gasteiger partial charge in [0, 0.05) is 46.2 Å². The van der Waals surface area contributed by atoms with Crippen LogP contribution in [0, 0.1) is 12.8 Å². The van der Waals surface area contributed by atoms with Crippen molar-refractivity contribution in [1.82, 2.24) is 14.7 Å². The Hall–Kier alpha value is -1.86. The minimum atomic E-state index is -0.118. The summed E-state index contributed by atoms with van der Waals surface area (Å²) in [5.41, 5.74) is 0. The molecule has 3 heterocycles. The third-order valence-corrected chi connectivity index (χ3v) is 5.42. The molecule has 0 saturated carbocycles. The fourth-order valence-corrected chi connectivity index (χ4v) is 3.84. The Morgan fingerprint density at radius 1 is 1.26 bits per heavy atom. The lowest BCUT2D eigenvalue weighted by atomic mass is 9.96. The van der Waals surface area contributed by atoms with Gasteiger partial charge in [0.05, 0.1) is 25.7 Å². The smallest absolute Gasteiger partial charge is 0.227 e. The molecule has 2 aliphatic rings. The number of nitrogens with zero attached hydrogens (tertiary/aromatic N) is 3. The third kappa shape index (κ3) is 5.56. The van der Waals surface area contributed by atoms with Crippen molar-refractivity contribution in [3.63, 3.8) is 0 Å². The minimum absolute atomic E-state index is 0.0923. The maximum absolute atomic E-state index is 12.8. The molecule has 2 amide bonds. The Balaban J connectivity index is 1.46. The number of carbonyl (C=O) groups is 2. The first-order valence-electron chi connectivity index (χ1n) is 9.91. The van der Waals surface area contributed by atoms with Gasteiger partial charge in [0.1, 0.15) is 11.5 Å². The minimum Gasteiger partial charge on any atom is -0.464 e. The van der Waals surface area contributed by atoms with E-state index in [2.05, 4.69) is 4.90 Å². The van der Waals surface area contributed by atoms with Crippen LogP contribution in [0.1, 0.15) is 30.8 Å². The first kappa shape index (κ1) is 19.9. The Labute approximate surface area is 161 Å². The molecule has 7 nitrogen and oxygen atoms in total. The molecule has 0 bridgehead atoms. The monoisotopic (exact) mass is 377 g/mol. The van der Waals surface area contributed by atoms with Crippen molar-refractivity contribution >= 4 is 11.8 Å². The van der Waals surface area contributed by atoms with Crippen LogP contribution in [0.15, 0.2) is 16.5 Å². The van der Waals surface area contributed by atoms with Gasteiger partial charge in [-0.05, 0) is 31.9 Å². The quantitative estimate of drug-likeness (QED) is 0.721. The number of furan rings is 1. The van der Waals surface area contributed by atoms with E-state index in [1.54, 1.807) is 11.9 Å². The van der Waals surface area contributed by atoms with E-state index in [1.165, 1.54) is 0 Å². The third-order valence-electron chi connectivity index (χ3n) is 5.42. The van der Waals surface area contributed by atoms with Crippen LogP contribution in [0.3, 0.4) is 0 Å². The second-order valence-corrected chi connectivity index (χ2v) is 7.59. The standard InChI is InChI=1S/C20H31N3O4/c1-16-4-6-18(27-16)15-21(2)20(25)17-5-7-19(24)23(14-17)9-3-8-22-10-12-26-13-11-22/h4,6,17H,3,5,7-15H2,1-2H3/t17-/m1/s1. The molecular formula is C20H31N3O4. The number of aryl methyl sites for hydroxylation is 1. The Morgan fingerprint density at radius 3 is 2.74 bits per heavy atom.